The predicted octanol–water partition coefficient (Wildman–Crippen LogP) is 3.92. The Kier molecular flexibility index (Phi) is 8.15. The van der Waals surface area contributed by atoms with Gasteiger partial charge in [-0.05, 0) is 22.8 Å². The van der Waals surface area contributed by atoms with Gasteiger partial charge in [-0.1, -0.05) is 91.0 Å². The third kappa shape index (κ3) is 7.51. The van der Waals surface area contributed by atoms with Crippen LogP contribution in [0.4, 0.5) is 0 Å². The highest BCUT2D eigenvalue weighted by atomic mass is 32.2. The number of carbonyl (C=O) groups is 1. The molecule has 3 aromatic rings. The van der Waals surface area contributed by atoms with Gasteiger partial charge in [0, 0.05) is 30.8 Å². The maximum atomic E-state index is 12.3. The fourth-order valence-electron chi connectivity index (χ4n) is 3.19. The molecule has 3 rings (SSSR count). The van der Waals surface area contributed by atoms with Crippen molar-refractivity contribution in [2.45, 2.75) is 12.3 Å². The minimum absolute atomic E-state index is 0.0249. The zero-order chi connectivity index (χ0) is 21.9. The van der Waals surface area contributed by atoms with Crippen LogP contribution >= 0.6 is 0 Å². The van der Waals surface area contributed by atoms with Crippen molar-refractivity contribution in [3.63, 3.8) is 0 Å². The molecule has 0 aliphatic heterocycles. The highest BCUT2D eigenvalue weighted by molar-refractivity contribution is 7.92. The Hall–Kier alpha value is -3.22. The minimum atomic E-state index is -3.60. The summed E-state index contributed by atoms with van der Waals surface area (Å²) >= 11 is 0. The summed E-state index contributed by atoms with van der Waals surface area (Å²) in [7, 11) is -3.60. The van der Waals surface area contributed by atoms with Crippen molar-refractivity contribution in [2.24, 2.45) is 0 Å². The summed E-state index contributed by atoms with van der Waals surface area (Å²) in [5, 5.41) is 4.04. The van der Waals surface area contributed by atoms with Crippen molar-refractivity contribution in [1.82, 2.24) is 10.0 Å². The lowest BCUT2D eigenvalue weighted by Crippen LogP contribution is -2.32. The number of sulfonamides is 1. The third-order valence-corrected chi connectivity index (χ3v) is 5.90. The normalized spacial score (nSPS) is 11.6. The molecular weight excluding hydrogens is 408 g/mol. The van der Waals surface area contributed by atoms with Gasteiger partial charge in [0.05, 0.1) is 0 Å². The van der Waals surface area contributed by atoms with Crippen LogP contribution < -0.4 is 10.0 Å². The van der Waals surface area contributed by atoms with E-state index in [0.29, 0.717) is 6.54 Å². The first-order chi connectivity index (χ1) is 15.0. The second-order valence-corrected chi connectivity index (χ2v) is 8.73. The van der Waals surface area contributed by atoms with Gasteiger partial charge in [-0.2, -0.15) is 0 Å². The van der Waals surface area contributed by atoms with Gasteiger partial charge in [-0.25, -0.2) is 13.1 Å². The number of rotatable bonds is 10. The monoisotopic (exact) mass is 434 g/mol. The SMILES string of the molecule is O=C(CCNS(=O)(=O)C=Cc1ccccc1)NCC(c1ccccc1)c1ccccc1. The summed E-state index contributed by atoms with van der Waals surface area (Å²) < 4.78 is 26.6. The van der Waals surface area contributed by atoms with Gasteiger partial charge in [0.25, 0.3) is 0 Å². The Morgan fingerprint density at radius 1 is 0.806 bits per heavy atom. The molecule has 0 aliphatic rings. The first kappa shape index (κ1) is 22.5. The fourth-order valence-corrected chi connectivity index (χ4v) is 4.01. The van der Waals surface area contributed by atoms with Gasteiger partial charge in [-0.15, -0.1) is 0 Å². The number of nitrogens with one attached hydrogen (secondary N) is 2. The smallest absolute Gasteiger partial charge is 0.233 e. The summed E-state index contributed by atoms with van der Waals surface area (Å²) in [6.07, 6.45) is 1.58. The molecule has 0 saturated heterocycles. The summed E-state index contributed by atoms with van der Waals surface area (Å²) in [4.78, 5) is 12.3. The van der Waals surface area contributed by atoms with E-state index < -0.39 is 10.0 Å². The van der Waals surface area contributed by atoms with Crippen LogP contribution in [0.3, 0.4) is 0 Å². The van der Waals surface area contributed by atoms with E-state index >= 15 is 0 Å². The van der Waals surface area contributed by atoms with Crippen LogP contribution in [0.25, 0.3) is 6.08 Å². The van der Waals surface area contributed by atoms with Crippen molar-refractivity contribution >= 4 is 22.0 Å². The summed E-state index contributed by atoms with van der Waals surface area (Å²) in [6, 6.07) is 29.1. The van der Waals surface area contributed by atoms with E-state index in [0.717, 1.165) is 22.1 Å². The molecule has 0 unspecified atom stereocenters. The lowest BCUT2D eigenvalue weighted by Gasteiger charge is -2.19. The molecule has 0 atom stereocenters. The Morgan fingerprint density at radius 3 is 1.87 bits per heavy atom. The lowest BCUT2D eigenvalue weighted by molar-refractivity contribution is -0.120. The zero-order valence-electron chi connectivity index (χ0n) is 17.1. The van der Waals surface area contributed by atoms with Gasteiger partial charge in [0.2, 0.25) is 15.9 Å². The maximum absolute atomic E-state index is 12.3. The number of carbonyl (C=O) groups excluding carboxylic acids is 1. The van der Waals surface area contributed by atoms with E-state index in [1.165, 1.54) is 6.08 Å². The largest absolute Gasteiger partial charge is 0.355 e. The second-order valence-electron chi connectivity index (χ2n) is 7.08. The minimum Gasteiger partial charge on any atom is -0.355 e. The topological polar surface area (TPSA) is 75.3 Å². The molecule has 160 valence electrons. The molecule has 1 amide bonds. The number of hydrogen-bond acceptors (Lipinski definition) is 3. The quantitative estimate of drug-likeness (QED) is 0.508. The van der Waals surface area contributed by atoms with E-state index in [2.05, 4.69) is 10.0 Å². The molecule has 31 heavy (non-hydrogen) atoms. The molecule has 0 aliphatic carbocycles. The molecule has 6 heteroatoms. The summed E-state index contributed by atoms with van der Waals surface area (Å²) in [5.74, 6) is -0.177. The van der Waals surface area contributed by atoms with Crippen LogP contribution in [-0.4, -0.2) is 27.4 Å². The number of hydrogen-bond donors (Lipinski definition) is 2. The van der Waals surface area contributed by atoms with E-state index in [1.807, 2.05) is 91.0 Å². The Morgan fingerprint density at radius 2 is 1.32 bits per heavy atom. The highest BCUT2D eigenvalue weighted by Gasteiger charge is 2.15. The molecule has 5 nitrogen and oxygen atoms in total. The van der Waals surface area contributed by atoms with Crippen LogP contribution in [0.5, 0.6) is 0 Å². The average Bonchev–Trinajstić information content (AvgIpc) is 2.80. The van der Waals surface area contributed by atoms with Gasteiger partial charge < -0.3 is 5.32 Å². The highest BCUT2D eigenvalue weighted by Crippen LogP contribution is 2.23. The first-order valence-electron chi connectivity index (χ1n) is 10.1. The van der Waals surface area contributed by atoms with Crippen LogP contribution in [0, 0.1) is 0 Å². The predicted molar refractivity (Wildman–Crippen MR) is 125 cm³/mol. The average molecular weight is 435 g/mol. The van der Waals surface area contributed by atoms with Crippen LogP contribution in [0.2, 0.25) is 0 Å². The summed E-state index contributed by atoms with van der Waals surface area (Å²) in [5.41, 5.74) is 3.01. The van der Waals surface area contributed by atoms with Crippen molar-refractivity contribution in [1.29, 1.82) is 0 Å². The molecule has 0 bridgehead atoms. The van der Waals surface area contributed by atoms with Crippen LogP contribution in [-0.2, 0) is 14.8 Å². The van der Waals surface area contributed by atoms with E-state index in [4.69, 9.17) is 0 Å². The van der Waals surface area contributed by atoms with Crippen molar-refractivity contribution in [2.75, 3.05) is 13.1 Å². The fraction of sp³-hybridized carbons (Fsp3) is 0.160. The van der Waals surface area contributed by atoms with E-state index in [-0.39, 0.29) is 24.8 Å². The Bertz CT molecular complexity index is 1040. The van der Waals surface area contributed by atoms with Gasteiger partial charge in [-0.3, -0.25) is 4.79 Å². The molecule has 0 heterocycles. The first-order valence-corrected chi connectivity index (χ1v) is 11.7. The summed E-state index contributed by atoms with van der Waals surface area (Å²) in [6.45, 7) is 0.474. The maximum Gasteiger partial charge on any atom is 0.233 e. The molecule has 0 fully saturated rings. The van der Waals surface area contributed by atoms with Crippen molar-refractivity contribution < 1.29 is 13.2 Å². The van der Waals surface area contributed by atoms with E-state index in [9.17, 15) is 13.2 Å². The molecule has 0 radical (unpaired) electrons. The molecule has 0 aromatic heterocycles. The molecule has 2 N–H and O–H groups in total. The number of amides is 1. The second kappa shape index (κ2) is 11.2. The molecule has 0 saturated carbocycles. The lowest BCUT2D eigenvalue weighted by atomic mass is 9.91. The van der Waals surface area contributed by atoms with Crippen molar-refractivity contribution in [3.8, 4) is 0 Å². The van der Waals surface area contributed by atoms with Crippen LogP contribution in [0.1, 0.15) is 29.0 Å². The standard InChI is InChI=1S/C25H26N2O3S/c28-25(16-18-27-31(29,30)19-17-21-10-4-1-5-11-21)26-20-24(22-12-6-2-7-13-22)23-14-8-3-9-15-23/h1-15,17,19,24,27H,16,18,20H2,(H,26,28). The van der Waals surface area contributed by atoms with Crippen molar-refractivity contribution in [3.05, 3.63) is 113 Å². The Labute approximate surface area is 183 Å². The Balaban J connectivity index is 1.51. The van der Waals surface area contributed by atoms with Gasteiger partial charge in [0.1, 0.15) is 0 Å². The zero-order valence-corrected chi connectivity index (χ0v) is 18.0. The van der Waals surface area contributed by atoms with Gasteiger partial charge in [0.15, 0.2) is 0 Å². The van der Waals surface area contributed by atoms with Gasteiger partial charge >= 0.3 is 0 Å². The van der Waals surface area contributed by atoms with E-state index in [1.54, 1.807) is 0 Å². The molecular formula is C25H26N2O3S. The number of benzene rings is 3. The third-order valence-electron chi connectivity index (χ3n) is 4.80. The molecule has 0 spiro atoms. The molecule has 3 aromatic carbocycles. The van der Waals surface area contributed by atoms with Crippen LogP contribution in [0.15, 0.2) is 96.4 Å².